The predicted octanol–water partition coefficient (Wildman–Crippen LogP) is 2.09. The van der Waals surface area contributed by atoms with E-state index in [4.69, 9.17) is 0 Å². The van der Waals surface area contributed by atoms with Crippen molar-refractivity contribution >= 4 is 21.9 Å². The minimum absolute atomic E-state index is 0.0671. The summed E-state index contributed by atoms with van der Waals surface area (Å²) < 4.78 is 30.5. The van der Waals surface area contributed by atoms with Crippen molar-refractivity contribution in [2.24, 2.45) is 0 Å². The van der Waals surface area contributed by atoms with Crippen LogP contribution in [0.25, 0.3) is 0 Å². The molecule has 0 aliphatic carbocycles. The number of hydrogen-bond donors (Lipinski definition) is 1. The van der Waals surface area contributed by atoms with Crippen LogP contribution in [-0.4, -0.2) is 27.4 Å². The van der Waals surface area contributed by atoms with Crippen molar-refractivity contribution in [1.82, 2.24) is 4.72 Å². The molecular formula is C16H21NO5S. The normalized spacial score (nSPS) is 11.4. The standard InChI is InChI=1S/C16H21NO5S/c1-13-9-11-14(12-10-13)23(20,21)17-15(18)7-5-3-4-6-8-16(19)22-2/h6,8-12H,3-5,7H2,1-2H3,(H,17,18)/b8-6+. The van der Waals surface area contributed by atoms with Gasteiger partial charge in [0.25, 0.3) is 10.0 Å². The van der Waals surface area contributed by atoms with E-state index in [0.717, 1.165) is 5.56 Å². The van der Waals surface area contributed by atoms with Crippen molar-refractivity contribution in [2.75, 3.05) is 7.11 Å². The van der Waals surface area contributed by atoms with Gasteiger partial charge in [-0.1, -0.05) is 23.8 Å². The number of rotatable bonds is 8. The summed E-state index contributed by atoms with van der Waals surface area (Å²) >= 11 is 0. The van der Waals surface area contributed by atoms with Crippen molar-refractivity contribution in [3.8, 4) is 0 Å². The quantitative estimate of drug-likeness (QED) is 0.445. The van der Waals surface area contributed by atoms with Crippen LogP contribution in [0.1, 0.15) is 31.2 Å². The molecule has 7 heteroatoms. The molecule has 1 aromatic carbocycles. The Hall–Kier alpha value is -2.15. The highest BCUT2D eigenvalue weighted by Gasteiger charge is 2.16. The molecule has 126 valence electrons. The second-order valence-electron chi connectivity index (χ2n) is 5.01. The van der Waals surface area contributed by atoms with Gasteiger partial charge in [-0.3, -0.25) is 4.79 Å². The van der Waals surface area contributed by atoms with Crippen molar-refractivity contribution in [3.05, 3.63) is 42.0 Å². The number of carbonyl (C=O) groups excluding carboxylic acids is 2. The Balaban J connectivity index is 2.37. The number of methoxy groups -OCH3 is 1. The molecule has 1 aromatic rings. The molecule has 0 atom stereocenters. The lowest BCUT2D eigenvalue weighted by molar-refractivity contribution is -0.134. The molecule has 0 radical (unpaired) electrons. The first kappa shape index (κ1) is 18.9. The van der Waals surface area contributed by atoms with Gasteiger partial charge in [0.1, 0.15) is 0 Å². The number of ether oxygens (including phenoxy) is 1. The van der Waals surface area contributed by atoms with Crippen LogP contribution < -0.4 is 4.72 Å². The Morgan fingerprint density at radius 2 is 1.83 bits per heavy atom. The number of esters is 1. The number of unbranched alkanes of at least 4 members (excludes halogenated alkanes) is 2. The number of nitrogens with one attached hydrogen (secondary N) is 1. The molecular weight excluding hydrogens is 318 g/mol. The molecule has 0 bridgehead atoms. The third-order valence-corrected chi connectivity index (χ3v) is 4.45. The minimum Gasteiger partial charge on any atom is -0.466 e. The van der Waals surface area contributed by atoms with Crippen LogP contribution in [0.3, 0.4) is 0 Å². The summed E-state index contributed by atoms with van der Waals surface area (Å²) in [6.07, 6.45) is 4.91. The minimum atomic E-state index is -3.81. The van der Waals surface area contributed by atoms with Gasteiger partial charge in [0.05, 0.1) is 12.0 Å². The Morgan fingerprint density at radius 1 is 1.17 bits per heavy atom. The topological polar surface area (TPSA) is 89.5 Å². The third kappa shape index (κ3) is 7.10. The fraction of sp³-hybridized carbons (Fsp3) is 0.375. The van der Waals surface area contributed by atoms with Crippen LogP contribution in [0.5, 0.6) is 0 Å². The van der Waals surface area contributed by atoms with E-state index in [1.165, 1.54) is 25.3 Å². The third-order valence-electron chi connectivity index (χ3n) is 3.06. The van der Waals surface area contributed by atoms with Gasteiger partial charge in [-0.15, -0.1) is 0 Å². The van der Waals surface area contributed by atoms with Crippen LogP contribution in [0.4, 0.5) is 0 Å². The number of benzene rings is 1. The van der Waals surface area contributed by atoms with Gasteiger partial charge >= 0.3 is 5.97 Å². The van der Waals surface area contributed by atoms with Crippen LogP contribution in [0.15, 0.2) is 41.3 Å². The first-order chi connectivity index (χ1) is 10.8. The summed E-state index contributed by atoms with van der Waals surface area (Å²) in [5, 5.41) is 0. The van der Waals surface area contributed by atoms with Crippen LogP contribution in [0.2, 0.25) is 0 Å². The number of sulfonamides is 1. The van der Waals surface area contributed by atoms with E-state index in [-0.39, 0.29) is 11.3 Å². The number of amides is 1. The van der Waals surface area contributed by atoms with Crippen molar-refractivity contribution in [3.63, 3.8) is 0 Å². The van der Waals surface area contributed by atoms with Crippen molar-refractivity contribution in [2.45, 2.75) is 37.5 Å². The molecule has 0 saturated heterocycles. The lowest BCUT2D eigenvalue weighted by Crippen LogP contribution is -2.30. The molecule has 0 heterocycles. The second kappa shape index (κ2) is 9.09. The zero-order chi connectivity index (χ0) is 17.3. The average molecular weight is 339 g/mol. The molecule has 23 heavy (non-hydrogen) atoms. The lowest BCUT2D eigenvalue weighted by Gasteiger charge is -2.07. The van der Waals surface area contributed by atoms with Gasteiger partial charge in [0.2, 0.25) is 5.91 Å². The molecule has 0 saturated carbocycles. The second-order valence-corrected chi connectivity index (χ2v) is 6.70. The van der Waals surface area contributed by atoms with Crippen molar-refractivity contribution < 1.29 is 22.7 Å². The average Bonchev–Trinajstić information content (AvgIpc) is 2.50. The highest BCUT2D eigenvalue weighted by Crippen LogP contribution is 2.10. The summed E-state index contributed by atoms with van der Waals surface area (Å²) in [6, 6.07) is 6.27. The zero-order valence-corrected chi connectivity index (χ0v) is 14.1. The Labute approximate surface area is 136 Å². The maximum absolute atomic E-state index is 12.0. The van der Waals surface area contributed by atoms with Crippen LogP contribution >= 0.6 is 0 Å². The van der Waals surface area contributed by atoms with E-state index in [1.807, 2.05) is 6.92 Å². The van der Waals surface area contributed by atoms with Gasteiger partial charge in [-0.25, -0.2) is 17.9 Å². The van der Waals surface area contributed by atoms with E-state index < -0.39 is 21.9 Å². The van der Waals surface area contributed by atoms with Crippen molar-refractivity contribution in [1.29, 1.82) is 0 Å². The smallest absolute Gasteiger partial charge is 0.330 e. The van der Waals surface area contributed by atoms with E-state index in [0.29, 0.717) is 19.3 Å². The van der Waals surface area contributed by atoms with Gasteiger partial charge in [-0.2, -0.15) is 0 Å². The van der Waals surface area contributed by atoms with Crippen LogP contribution in [0, 0.1) is 6.92 Å². The molecule has 1 N–H and O–H groups in total. The summed E-state index contributed by atoms with van der Waals surface area (Å²) in [7, 11) is -2.52. The largest absolute Gasteiger partial charge is 0.466 e. The number of aryl methyl sites for hydroxylation is 1. The molecule has 1 rings (SSSR count). The zero-order valence-electron chi connectivity index (χ0n) is 13.2. The van der Waals surface area contributed by atoms with E-state index in [9.17, 15) is 18.0 Å². The van der Waals surface area contributed by atoms with E-state index in [1.54, 1.807) is 18.2 Å². The molecule has 0 aliphatic rings. The highest BCUT2D eigenvalue weighted by molar-refractivity contribution is 7.90. The van der Waals surface area contributed by atoms with E-state index >= 15 is 0 Å². The first-order valence-corrected chi connectivity index (χ1v) is 8.70. The molecule has 0 aliphatic heterocycles. The molecule has 0 fully saturated rings. The first-order valence-electron chi connectivity index (χ1n) is 7.22. The maximum Gasteiger partial charge on any atom is 0.330 e. The Bertz CT molecular complexity index is 662. The number of hydrogen-bond acceptors (Lipinski definition) is 5. The van der Waals surface area contributed by atoms with Crippen LogP contribution in [-0.2, 0) is 24.3 Å². The fourth-order valence-corrected chi connectivity index (χ4v) is 2.79. The van der Waals surface area contributed by atoms with Gasteiger partial charge in [-0.05, 0) is 38.3 Å². The van der Waals surface area contributed by atoms with Gasteiger partial charge in [0.15, 0.2) is 0 Å². The Kier molecular flexibility index (Phi) is 7.47. The summed E-state index contributed by atoms with van der Waals surface area (Å²) in [6.45, 7) is 1.85. The molecule has 6 nitrogen and oxygen atoms in total. The summed E-state index contributed by atoms with van der Waals surface area (Å²) in [4.78, 5) is 22.6. The summed E-state index contributed by atoms with van der Waals surface area (Å²) in [5.41, 5.74) is 0.940. The maximum atomic E-state index is 12.0. The van der Waals surface area contributed by atoms with Gasteiger partial charge < -0.3 is 4.74 Å². The highest BCUT2D eigenvalue weighted by atomic mass is 32.2. The SMILES string of the molecule is COC(=O)/C=C/CCCCC(=O)NS(=O)(=O)c1ccc(C)cc1. The molecule has 0 aromatic heterocycles. The number of carbonyl (C=O) groups is 2. The molecule has 0 spiro atoms. The number of allylic oxidation sites excluding steroid dienone is 1. The van der Waals surface area contributed by atoms with E-state index in [2.05, 4.69) is 9.46 Å². The predicted molar refractivity (Wildman–Crippen MR) is 86.1 cm³/mol. The molecule has 1 amide bonds. The van der Waals surface area contributed by atoms with Gasteiger partial charge in [0, 0.05) is 12.5 Å². The fourth-order valence-electron chi connectivity index (χ4n) is 1.77. The molecule has 0 unspecified atom stereocenters. The Morgan fingerprint density at radius 3 is 2.43 bits per heavy atom. The lowest BCUT2D eigenvalue weighted by atomic mass is 10.2. The monoisotopic (exact) mass is 339 g/mol. The summed E-state index contributed by atoms with van der Waals surface area (Å²) in [5.74, 6) is -0.963.